The van der Waals surface area contributed by atoms with Crippen molar-refractivity contribution in [3.63, 3.8) is 0 Å². The Kier molecular flexibility index (Phi) is 6.62. The van der Waals surface area contributed by atoms with Crippen LogP contribution in [0.1, 0.15) is 68.5 Å². The first-order valence-corrected chi connectivity index (χ1v) is 12.6. The molecule has 1 atom stereocenters. The topological polar surface area (TPSA) is 41.6 Å². The average molecular weight is 471 g/mol. The molecule has 2 aromatic carbocycles. The van der Waals surface area contributed by atoms with E-state index in [0.717, 1.165) is 56.5 Å². The van der Waals surface area contributed by atoms with Crippen molar-refractivity contribution < 1.29 is 13.9 Å². The SMILES string of the molecule is O=C(NC1CC2(CCCCC2)Oc2ccccc21)C1CCN(Cc2ccc(Cl)cc2F)CC1. The van der Waals surface area contributed by atoms with Crippen molar-refractivity contribution in [1.29, 1.82) is 0 Å². The number of fused-ring (bicyclic) bond motifs is 1. The monoisotopic (exact) mass is 470 g/mol. The van der Waals surface area contributed by atoms with E-state index in [0.29, 0.717) is 17.1 Å². The number of hydrogen-bond acceptors (Lipinski definition) is 3. The third kappa shape index (κ3) is 5.04. The average Bonchev–Trinajstić information content (AvgIpc) is 2.82. The molecule has 2 heterocycles. The fourth-order valence-electron chi connectivity index (χ4n) is 5.78. The van der Waals surface area contributed by atoms with Gasteiger partial charge in [-0.05, 0) is 69.8 Å². The molecule has 2 aromatic rings. The standard InChI is InChI=1S/C27H32ClFN2O2/c28-21-9-8-20(23(29)16-21)18-31-14-10-19(11-15-31)26(32)30-24-17-27(12-4-1-5-13-27)33-25-7-3-2-6-22(24)25/h2-3,6-9,16,19,24H,1,4-5,10-15,17-18H2,(H,30,32). The molecule has 1 amide bonds. The van der Waals surface area contributed by atoms with Crippen LogP contribution in [-0.4, -0.2) is 29.5 Å². The number of ether oxygens (including phenoxy) is 1. The smallest absolute Gasteiger partial charge is 0.223 e. The molecular weight excluding hydrogens is 439 g/mol. The first-order chi connectivity index (χ1) is 16.0. The van der Waals surface area contributed by atoms with Gasteiger partial charge in [-0.3, -0.25) is 9.69 Å². The number of hydrogen-bond donors (Lipinski definition) is 1. The molecule has 176 valence electrons. The Balaban J connectivity index is 1.21. The van der Waals surface area contributed by atoms with Crippen molar-refractivity contribution in [3.8, 4) is 5.75 Å². The molecule has 1 N–H and O–H groups in total. The molecule has 0 bridgehead atoms. The summed E-state index contributed by atoms with van der Waals surface area (Å²) in [5, 5.41) is 3.80. The summed E-state index contributed by atoms with van der Waals surface area (Å²) in [5.74, 6) is 0.793. The molecule has 1 saturated carbocycles. The van der Waals surface area contributed by atoms with E-state index in [2.05, 4.69) is 16.3 Å². The molecule has 1 spiro atoms. The maximum absolute atomic E-state index is 14.2. The Morgan fingerprint density at radius 2 is 1.88 bits per heavy atom. The minimum absolute atomic E-state index is 0.00161. The van der Waals surface area contributed by atoms with E-state index in [1.165, 1.54) is 25.3 Å². The highest BCUT2D eigenvalue weighted by Crippen LogP contribution is 2.46. The lowest BCUT2D eigenvalue weighted by Gasteiger charge is -2.45. The van der Waals surface area contributed by atoms with Crippen LogP contribution in [0, 0.1) is 11.7 Å². The summed E-state index contributed by atoms with van der Waals surface area (Å²) in [6.07, 6.45) is 8.20. The minimum atomic E-state index is -0.266. The van der Waals surface area contributed by atoms with Crippen molar-refractivity contribution in [2.75, 3.05) is 13.1 Å². The van der Waals surface area contributed by atoms with E-state index in [-0.39, 0.29) is 29.3 Å². The van der Waals surface area contributed by atoms with E-state index in [1.54, 1.807) is 12.1 Å². The van der Waals surface area contributed by atoms with Crippen molar-refractivity contribution in [2.24, 2.45) is 5.92 Å². The van der Waals surface area contributed by atoms with Crippen molar-refractivity contribution in [2.45, 2.75) is 69.6 Å². The second-order valence-electron chi connectivity index (χ2n) is 9.94. The van der Waals surface area contributed by atoms with Crippen LogP contribution in [0.2, 0.25) is 5.02 Å². The first-order valence-electron chi connectivity index (χ1n) is 12.3. The molecule has 1 unspecified atom stereocenters. The van der Waals surface area contributed by atoms with E-state index >= 15 is 0 Å². The van der Waals surface area contributed by atoms with E-state index in [9.17, 15) is 9.18 Å². The summed E-state index contributed by atoms with van der Waals surface area (Å²) in [7, 11) is 0. The lowest BCUT2D eigenvalue weighted by Crippen LogP contribution is -2.48. The molecule has 2 fully saturated rings. The van der Waals surface area contributed by atoms with Gasteiger partial charge in [0.15, 0.2) is 0 Å². The Morgan fingerprint density at radius 1 is 1.12 bits per heavy atom. The molecule has 3 aliphatic rings. The van der Waals surface area contributed by atoms with Gasteiger partial charge in [-0.15, -0.1) is 0 Å². The number of piperidine rings is 1. The number of benzene rings is 2. The second kappa shape index (κ2) is 9.63. The van der Waals surface area contributed by atoms with Gasteiger partial charge in [-0.1, -0.05) is 42.3 Å². The van der Waals surface area contributed by atoms with Gasteiger partial charge in [0.25, 0.3) is 0 Å². The van der Waals surface area contributed by atoms with E-state index < -0.39 is 0 Å². The maximum atomic E-state index is 14.2. The Labute approximate surface area is 200 Å². The van der Waals surface area contributed by atoms with Crippen LogP contribution in [0.3, 0.4) is 0 Å². The predicted molar refractivity (Wildman–Crippen MR) is 128 cm³/mol. The highest BCUT2D eigenvalue weighted by molar-refractivity contribution is 6.30. The predicted octanol–water partition coefficient (Wildman–Crippen LogP) is 6.03. The van der Waals surface area contributed by atoms with Crippen LogP contribution in [0.5, 0.6) is 5.75 Å². The number of carbonyl (C=O) groups excluding carboxylic acids is 1. The molecule has 4 nitrogen and oxygen atoms in total. The normalized spacial score (nSPS) is 23.0. The summed E-state index contributed by atoms with van der Waals surface area (Å²) >= 11 is 5.87. The van der Waals surface area contributed by atoms with Crippen molar-refractivity contribution in [3.05, 3.63) is 64.4 Å². The molecule has 5 rings (SSSR count). The van der Waals surface area contributed by atoms with Crippen molar-refractivity contribution in [1.82, 2.24) is 10.2 Å². The van der Waals surface area contributed by atoms with Gasteiger partial charge in [0.05, 0.1) is 6.04 Å². The molecule has 2 aliphatic heterocycles. The number of halogens is 2. The van der Waals surface area contributed by atoms with Gasteiger partial charge < -0.3 is 10.1 Å². The number of nitrogens with one attached hydrogen (secondary N) is 1. The molecule has 33 heavy (non-hydrogen) atoms. The highest BCUT2D eigenvalue weighted by Gasteiger charge is 2.42. The zero-order chi connectivity index (χ0) is 22.8. The minimum Gasteiger partial charge on any atom is -0.487 e. The van der Waals surface area contributed by atoms with E-state index in [4.69, 9.17) is 16.3 Å². The first kappa shape index (κ1) is 22.7. The zero-order valence-corrected chi connectivity index (χ0v) is 19.7. The van der Waals surface area contributed by atoms with E-state index in [1.807, 2.05) is 18.2 Å². The summed E-state index contributed by atoms with van der Waals surface area (Å²) < 4.78 is 20.7. The molecule has 1 saturated heterocycles. The number of nitrogens with zero attached hydrogens (tertiary/aromatic N) is 1. The Hall–Kier alpha value is -2.11. The van der Waals surface area contributed by atoms with Crippen LogP contribution >= 0.6 is 11.6 Å². The third-order valence-corrected chi connectivity index (χ3v) is 7.88. The van der Waals surface area contributed by atoms with Crippen LogP contribution in [0.4, 0.5) is 4.39 Å². The quantitative estimate of drug-likeness (QED) is 0.592. The number of carbonyl (C=O) groups is 1. The molecule has 0 aromatic heterocycles. The van der Waals surface area contributed by atoms with Gasteiger partial charge in [0.1, 0.15) is 17.2 Å². The molecule has 1 aliphatic carbocycles. The highest BCUT2D eigenvalue weighted by atomic mass is 35.5. The summed E-state index contributed by atoms with van der Waals surface area (Å²) in [6, 6.07) is 13.0. The van der Waals surface area contributed by atoms with Gasteiger partial charge in [0.2, 0.25) is 5.91 Å². The fraction of sp³-hybridized carbons (Fsp3) is 0.519. The van der Waals surface area contributed by atoms with Crippen molar-refractivity contribution >= 4 is 17.5 Å². The van der Waals surface area contributed by atoms with Gasteiger partial charge in [-0.25, -0.2) is 4.39 Å². The second-order valence-corrected chi connectivity index (χ2v) is 10.4. The third-order valence-electron chi connectivity index (χ3n) is 7.65. The Bertz CT molecular complexity index is 999. The molecule has 0 radical (unpaired) electrons. The van der Waals surface area contributed by atoms with Gasteiger partial charge >= 0.3 is 0 Å². The van der Waals surface area contributed by atoms with Crippen LogP contribution in [0.15, 0.2) is 42.5 Å². The zero-order valence-electron chi connectivity index (χ0n) is 19.0. The number of likely N-dealkylation sites (tertiary alicyclic amines) is 1. The fourth-order valence-corrected chi connectivity index (χ4v) is 5.94. The number of rotatable bonds is 4. The summed E-state index contributed by atoms with van der Waals surface area (Å²) in [4.78, 5) is 15.5. The van der Waals surface area contributed by atoms with Crippen LogP contribution < -0.4 is 10.1 Å². The molecular formula is C27H32ClFN2O2. The number of amides is 1. The van der Waals surface area contributed by atoms with Crippen LogP contribution in [-0.2, 0) is 11.3 Å². The summed E-state index contributed by atoms with van der Waals surface area (Å²) in [5.41, 5.74) is 1.60. The largest absolute Gasteiger partial charge is 0.487 e. The molecule has 6 heteroatoms. The lowest BCUT2D eigenvalue weighted by molar-refractivity contribution is -0.128. The maximum Gasteiger partial charge on any atom is 0.223 e. The number of para-hydroxylation sites is 1. The van der Waals surface area contributed by atoms with Gasteiger partial charge in [-0.2, -0.15) is 0 Å². The van der Waals surface area contributed by atoms with Crippen LogP contribution in [0.25, 0.3) is 0 Å². The Morgan fingerprint density at radius 3 is 2.64 bits per heavy atom. The summed E-state index contributed by atoms with van der Waals surface area (Å²) in [6.45, 7) is 2.12. The lowest BCUT2D eigenvalue weighted by atomic mass is 9.77. The van der Waals surface area contributed by atoms with Gasteiger partial charge in [0, 0.05) is 35.0 Å².